The molecule has 0 amide bonds. The van der Waals surface area contributed by atoms with Gasteiger partial charge < -0.3 is 18.9 Å². The molecule has 0 bridgehead atoms. The van der Waals surface area contributed by atoms with Crippen molar-refractivity contribution in [1.29, 1.82) is 0 Å². The Kier molecular flexibility index (Phi) is 6.40. The van der Waals surface area contributed by atoms with Crippen LogP contribution >= 0.6 is 0 Å². The summed E-state index contributed by atoms with van der Waals surface area (Å²) in [5.74, 6) is -1.38. The third-order valence-electron chi connectivity index (χ3n) is 2.34. The molecule has 24 heavy (non-hydrogen) atoms. The lowest BCUT2D eigenvalue weighted by molar-refractivity contribution is -0.395. The SMILES string of the molecule is CCOC(=O)Oc1cc(OC(=O)OCC)c([N+](=O)[O-])cc1[N+](=O)[O-]. The summed E-state index contributed by atoms with van der Waals surface area (Å²) in [6, 6.07) is 1.15. The number of hydrogen-bond acceptors (Lipinski definition) is 10. The fourth-order valence-electron chi connectivity index (χ4n) is 1.46. The first-order chi connectivity index (χ1) is 11.3. The summed E-state index contributed by atoms with van der Waals surface area (Å²) in [6.45, 7) is 2.82. The highest BCUT2D eigenvalue weighted by Crippen LogP contribution is 2.39. The van der Waals surface area contributed by atoms with Gasteiger partial charge in [0.2, 0.25) is 11.5 Å². The fourth-order valence-corrected chi connectivity index (χ4v) is 1.46. The number of carbonyl (C=O) groups is 2. The van der Waals surface area contributed by atoms with Gasteiger partial charge in [-0.15, -0.1) is 0 Å². The molecule has 0 fully saturated rings. The number of rotatable bonds is 6. The van der Waals surface area contributed by atoms with E-state index >= 15 is 0 Å². The molecule has 0 aliphatic carbocycles. The monoisotopic (exact) mass is 344 g/mol. The van der Waals surface area contributed by atoms with Crippen molar-refractivity contribution in [3.8, 4) is 11.5 Å². The van der Waals surface area contributed by atoms with Gasteiger partial charge >= 0.3 is 23.7 Å². The molecule has 0 atom stereocenters. The Balaban J connectivity index is 3.34. The Morgan fingerprint density at radius 2 is 1.25 bits per heavy atom. The van der Waals surface area contributed by atoms with Crippen molar-refractivity contribution in [2.24, 2.45) is 0 Å². The van der Waals surface area contributed by atoms with Gasteiger partial charge in [-0.05, 0) is 13.8 Å². The Hall–Kier alpha value is -3.44. The second-order valence-corrected chi connectivity index (χ2v) is 3.87. The van der Waals surface area contributed by atoms with Crippen LogP contribution < -0.4 is 9.47 Å². The molecule has 0 unspecified atom stereocenters. The van der Waals surface area contributed by atoms with Crippen LogP contribution in [0.3, 0.4) is 0 Å². The predicted molar refractivity (Wildman–Crippen MR) is 75.1 cm³/mol. The Bertz CT molecular complexity index is 619. The Labute approximate surface area is 134 Å². The molecule has 0 aromatic heterocycles. The molecule has 0 aliphatic heterocycles. The molecule has 0 radical (unpaired) electrons. The maximum absolute atomic E-state index is 11.3. The average Bonchev–Trinajstić information content (AvgIpc) is 2.47. The lowest BCUT2D eigenvalue weighted by atomic mass is 10.2. The molecule has 0 N–H and O–H groups in total. The first kappa shape index (κ1) is 18.6. The van der Waals surface area contributed by atoms with Crippen molar-refractivity contribution in [3.63, 3.8) is 0 Å². The topological polar surface area (TPSA) is 157 Å². The molecule has 1 rings (SSSR count). The van der Waals surface area contributed by atoms with Gasteiger partial charge in [0.15, 0.2) is 0 Å². The van der Waals surface area contributed by atoms with Crippen molar-refractivity contribution in [2.75, 3.05) is 13.2 Å². The summed E-state index contributed by atoms with van der Waals surface area (Å²) in [5.41, 5.74) is -1.77. The number of ether oxygens (including phenoxy) is 4. The van der Waals surface area contributed by atoms with Gasteiger partial charge in [-0.3, -0.25) is 20.2 Å². The molecule has 0 saturated heterocycles. The van der Waals surface area contributed by atoms with E-state index in [1.165, 1.54) is 13.8 Å². The number of nitrogens with zero attached hydrogens (tertiary/aromatic N) is 2. The zero-order chi connectivity index (χ0) is 18.3. The first-order valence-corrected chi connectivity index (χ1v) is 6.46. The third kappa shape index (κ3) is 4.79. The van der Waals surface area contributed by atoms with E-state index < -0.39 is 45.0 Å². The van der Waals surface area contributed by atoms with Crippen LogP contribution in [0.5, 0.6) is 11.5 Å². The van der Waals surface area contributed by atoms with Crippen molar-refractivity contribution in [2.45, 2.75) is 13.8 Å². The molecule has 0 aliphatic rings. The van der Waals surface area contributed by atoms with Crippen molar-refractivity contribution < 1.29 is 38.4 Å². The van der Waals surface area contributed by atoms with Gasteiger partial charge in [-0.1, -0.05) is 0 Å². The van der Waals surface area contributed by atoms with Gasteiger partial charge in [0.05, 0.1) is 23.1 Å². The van der Waals surface area contributed by atoms with Crippen molar-refractivity contribution in [3.05, 3.63) is 32.4 Å². The minimum atomic E-state index is -1.27. The minimum Gasteiger partial charge on any atom is -0.434 e. The summed E-state index contributed by atoms with van der Waals surface area (Å²) in [4.78, 5) is 42.6. The van der Waals surface area contributed by atoms with Crippen LogP contribution in [-0.2, 0) is 9.47 Å². The highest BCUT2D eigenvalue weighted by atomic mass is 16.7. The van der Waals surface area contributed by atoms with E-state index in [0.29, 0.717) is 12.1 Å². The summed E-state index contributed by atoms with van der Waals surface area (Å²) in [5, 5.41) is 22.0. The van der Waals surface area contributed by atoms with Crippen molar-refractivity contribution in [1.82, 2.24) is 0 Å². The van der Waals surface area contributed by atoms with Crippen LogP contribution in [-0.4, -0.2) is 35.4 Å². The van der Waals surface area contributed by atoms with E-state index in [0.717, 1.165) is 0 Å². The zero-order valence-corrected chi connectivity index (χ0v) is 12.5. The molecule has 1 aromatic carbocycles. The molecular formula is C12H12N2O10. The summed E-state index contributed by atoms with van der Waals surface area (Å²) < 4.78 is 18.1. The Morgan fingerprint density at radius 3 is 1.54 bits per heavy atom. The molecule has 0 saturated carbocycles. The third-order valence-corrected chi connectivity index (χ3v) is 2.34. The second kappa shape index (κ2) is 8.26. The quantitative estimate of drug-likeness (QED) is 0.325. The van der Waals surface area contributed by atoms with E-state index in [9.17, 15) is 29.8 Å². The zero-order valence-electron chi connectivity index (χ0n) is 12.5. The second-order valence-electron chi connectivity index (χ2n) is 3.87. The lowest BCUT2D eigenvalue weighted by Gasteiger charge is -2.08. The average molecular weight is 344 g/mol. The number of nitro groups is 2. The maximum atomic E-state index is 11.3. The smallest absolute Gasteiger partial charge is 0.434 e. The molecule has 12 heteroatoms. The number of nitro benzene ring substituents is 2. The molecule has 12 nitrogen and oxygen atoms in total. The molecule has 0 heterocycles. The summed E-state index contributed by atoms with van der Waals surface area (Å²) in [7, 11) is 0. The molecule has 130 valence electrons. The van der Waals surface area contributed by atoms with Crippen LogP contribution in [0.15, 0.2) is 12.1 Å². The largest absolute Gasteiger partial charge is 0.514 e. The normalized spacial score (nSPS) is 9.75. The lowest BCUT2D eigenvalue weighted by Crippen LogP contribution is -2.14. The van der Waals surface area contributed by atoms with Crippen molar-refractivity contribution >= 4 is 23.7 Å². The van der Waals surface area contributed by atoms with Gasteiger partial charge in [-0.2, -0.15) is 0 Å². The van der Waals surface area contributed by atoms with Crippen LogP contribution in [0.25, 0.3) is 0 Å². The number of carbonyl (C=O) groups excluding carboxylic acids is 2. The molecular weight excluding hydrogens is 332 g/mol. The number of benzene rings is 1. The van der Waals surface area contributed by atoms with E-state index in [1.807, 2.05) is 0 Å². The van der Waals surface area contributed by atoms with Gasteiger partial charge in [-0.25, -0.2) is 9.59 Å². The van der Waals surface area contributed by atoms with Crippen LogP contribution in [0.1, 0.15) is 13.8 Å². The van der Waals surface area contributed by atoms with E-state index in [2.05, 4.69) is 18.9 Å². The van der Waals surface area contributed by atoms with Crippen LogP contribution in [0.2, 0.25) is 0 Å². The standard InChI is InChI=1S/C12H12N2O10/c1-3-21-11(15)23-9-6-10(24-12(16)22-4-2)8(14(19)20)5-7(9)13(17)18/h5-6H,3-4H2,1-2H3. The first-order valence-electron chi connectivity index (χ1n) is 6.46. The molecule has 1 aromatic rings. The van der Waals surface area contributed by atoms with E-state index in [4.69, 9.17) is 0 Å². The Morgan fingerprint density at radius 1 is 0.875 bits per heavy atom. The number of hydrogen-bond donors (Lipinski definition) is 0. The van der Waals surface area contributed by atoms with E-state index in [1.54, 1.807) is 0 Å². The van der Waals surface area contributed by atoms with Gasteiger partial charge in [0.1, 0.15) is 6.07 Å². The van der Waals surface area contributed by atoms with Crippen LogP contribution in [0.4, 0.5) is 21.0 Å². The van der Waals surface area contributed by atoms with E-state index in [-0.39, 0.29) is 13.2 Å². The minimum absolute atomic E-state index is 0.0637. The highest BCUT2D eigenvalue weighted by molar-refractivity contribution is 5.72. The highest BCUT2D eigenvalue weighted by Gasteiger charge is 2.29. The van der Waals surface area contributed by atoms with Crippen LogP contribution in [0, 0.1) is 20.2 Å². The predicted octanol–water partition coefficient (Wildman–Crippen LogP) is 2.57. The molecule has 0 spiro atoms. The van der Waals surface area contributed by atoms with Gasteiger partial charge in [0, 0.05) is 6.07 Å². The van der Waals surface area contributed by atoms with Gasteiger partial charge in [0.25, 0.3) is 0 Å². The summed E-state index contributed by atoms with van der Waals surface area (Å²) in [6.07, 6.45) is -2.53. The summed E-state index contributed by atoms with van der Waals surface area (Å²) >= 11 is 0. The maximum Gasteiger partial charge on any atom is 0.514 e. The fraction of sp³-hybridized carbons (Fsp3) is 0.333.